The Balaban J connectivity index is 1.76. The van der Waals surface area contributed by atoms with Crippen molar-refractivity contribution < 1.29 is 19.1 Å². The van der Waals surface area contributed by atoms with E-state index in [2.05, 4.69) is 15.6 Å². The molecule has 0 spiro atoms. The molecule has 0 saturated carbocycles. The third-order valence-corrected chi connectivity index (χ3v) is 5.56. The van der Waals surface area contributed by atoms with Crippen molar-refractivity contribution in [2.75, 3.05) is 30.6 Å². The van der Waals surface area contributed by atoms with Crippen molar-refractivity contribution in [1.29, 1.82) is 0 Å². The zero-order valence-corrected chi connectivity index (χ0v) is 19.2. The lowest BCUT2D eigenvalue weighted by atomic mass is 10.1. The fraction of sp³-hybridized carbons (Fsp3) is 0.208. The number of pyridine rings is 1. The largest absolute Gasteiger partial charge is 0.497 e. The monoisotopic (exact) mass is 451 g/mol. The number of carbonyl (C=O) groups is 2. The van der Waals surface area contributed by atoms with Crippen LogP contribution in [0.1, 0.15) is 21.6 Å². The summed E-state index contributed by atoms with van der Waals surface area (Å²) in [5.41, 5.74) is 3.19. The van der Waals surface area contributed by atoms with Crippen molar-refractivity contribution in [2.24, 2.45) is 0 Å². The number of thioether (sulfide) groups is 1. The summed E-state index contributed by atoms with van der Waals surface area (Å²) in [4.78, 5) is 30.1. The van der Waals surface area contributed by atoms with Gasteiger partial charge in [-0.15, -0.1) is 0 Å². The van der Waals surface area contributed by atoms with Crippen molar-refractivity contribution in [3.8, 4) is 11.5 Å². The Morgan fingerprint density at radius 1 is 0.969 bits per heavy atom. The number of nitrogens with zero attached hydrogens (tertiary/aromatic N) is 1. The summed E-state index contributed by atoms with van der Waals surface area (Å²) >= 11 is 1.21. The number of carbonyl (C=O) groups excluding carboxylic acids is 2. The number of amides is 2. The molecular formula is C24H25N3O4S. The Bertz CT molecular complexity index is 1130. The number of aryl methyl sites for hydroxylation is 2. The summed E-state index contributed by atoms with van der Waals surface area (Å²) in [5.74, 6) is 0.793. The van der Waals surface area contributed by atoms with Gasteiger partial charge in [-0.1, -0.05) is 30.0 Å². The second-order valence-electron chi connectivity index (χ2n) is 6.98. The first kappa shape index (κ1) is 23.1. The average Bonchev–Trinajstić information content (AvgIpc) is 2.77. The van der Waals surface area contributed by atoms with E-state index in [1.165, 1.54) is 11.8 Å². The van der Waals surface area contributed by atoms with Gasteiger partial charge in [-0.05, 0) is 49.7 Å². The Morgan fingerprint density at radius 2 is 1.75 bits per heavy atom. The molecule has 0 aliphatic carbocycles. The van der Waals surface area contributed by atoms with E-state index in [-0.39, 0.29) is 17.6 Å². The molecule has 0 radical (unpaired) electrons. The van der Waals surface area contributed by atoms with E-state index in [0.717, 1.165) is 11.3 Å². The number of hydrogen-bond donors (Lipinski definition) is 2. The minimum absolute atomic E-state index is 0.0907. The Labute approximate surface area is 191 Å². The molecular weight excluding hydrogens is 426 g/mol. The fourth-order valence-corrected chi connectivity index (χ4v) is 4.09. The topological polar surface area (TPSA) is 89.5 Å². The molecule has 1 aromatic heterocycles. The van der Waals surface area contributed by atoms with E-state index in [1.54, 1.807) is 50.6 Å². The Kier molecular flexibility index (Phi) is 7.72. The van der Waals surface area contributed by atoms with Gasteiger partial charge in [0.25, 0.3) is 5.91 Å². The summed E-state index contributed by atoms with van der Waals surface area (Å²) in [6, 6.07) is 16.2. The maximum absolute atomic E-state index is 13.1. The quantitative estimate of drug-likeness (QED) is 0.483. The molecule has 166 valence electrons. The lowest BCUT2D eigenvalue weighted by Crippen LogP contribution is -2.18. The highest BCUT2D eigenvalue weighted by atomic mass is 32.2. The number of aromatic nitrogens is 1. The molecule has 2 amide bonds. The molecule has 0 saturated heterocycles. The molecule has 0 unspecified atom stereocenters. The number of hydrogen-bond acceptors (Lipinski definition) is 6. The predicted octanol–water partition coefficient (Wildman–Crippen LogP) is 4.70. The van der Waals surface area contributed by atoms with Crippen LogP contribution in [0.4, 0.5) is 11.4 Å². The number of benzene rings is 2. The summed E-state index contributed by atoms with van der Waals surface area (Å²) in [5, 5.41) is 6.22. The minimum atomic E-state index is -0.295. The van der Waals surface area contributed by atoms with Gasteiger partial charge < -0.3 is 20.1 Å². The van der Waals surface area contributed by atoms with E-state index in [9.17, 15) is 9.59 Å². The van der Waals surface area contributed by atoms with E-state index < -0.39 is 0 Å². The molecule has 3 aromatic rings. The van der Waals surface area contributed by atoms with Crippen molar-refractivity contribution in [3.05, 3.63) is 71.4 Å². The van der Waals surface area contributed by atoms with Crippen LogP contribution in [0.25, 0.3) is 0 Å². The van der Waals surface area contributed by atoms with Crippen LogP contribution in [0.3, 0.4) is 0 Å². The van der Waals surface area contributed by atoms with E-state index in [4.69, 9.17) is 9.47 Å². The molecule has 3 rings (SSSR count). The van der Waals surface area contributed by atoms with Crippen LogP contribution in [0, 0.1) is 13.8 Å². The molecule has 32 heavy (non-hydrogen) atoms. The van der Waals surface area contributed by atoms with Crippen molar-refractivity contribution in [3.63, 3.8) is 0 Å². The Morgan fingerprint density at radius 3 is 2.50 bits per heavy atom. The maximum Gasteiger partial charge on any atom is 0.258 e. The summed E-state index contributed by atoms with van der Waals surface area (Å²) in [6.45, 7) is 3.71. The van der Waals surface area contributed by atoms with E-state index in [0.29, 0.717) is 33.5 Å². The molecule has 0 bridgehead atoms. The molecule has 2 aromatic carbocycles. The summed E-state index contributed by atoms with van der Waals surface area (Å²) in [6.07, 6.45) is 0. The predicted molar refractivity (Wildman–Crippen MR) is 127 cm³/mol. The van der Waals surface area contributed by atoms with Crippen LogP contribution in [-0.2, 0) is 4.79 Å². The average molecular weight is 452 g/mol. The van der Waals surface area contributed by atoms with Crippen LogP contribution < -0.4 is 20.1 Å². The normalized spacial score (nSPS) is 10.4. The number of para-hydroxylation sites is 2. The first-order valence-corrected chi connectivity index (χ1v) is 10.9. The molecule has 7 nitrogen and oxygen atoms in total. The molecule has 8 heteroatoms. The standard InChI is InChI=1S/C24H25N3O4S/c1-15-12-16(2)25-24(22(15)23(29)26-17-8-7-9-18(13-17)30-3)32-14-21(28)27-19-10-5-6-11-20(19)31-4/h5-13H,14H2,1-4H3,(H,26,29)(H,27,28). The smallest absolute Gasteiger partial charge is 0.258 e. The molecule has 1 heterocycles. The second kappa shape index (κ2) is 10.7. The van der Waals surface area contributed by atoms with E-state index >= 15 is 0 Å². The van der Waals surface area contributed by atoms with Crippen molar-refractivity contribution in [2.45, 2.75) is 18.9 Å². The Hall–Kier alpha value is -3.52. The van der Waals surface area contributed by atoms with Crippen LogP contribution in [0.5, 0.6) is 11.5 Å². The summed E-state index contributed by atoms with van der Waals surface area (Å²) < 4.78 is 10.5. The van der Waals surface area contributed by atoms with Gasteiger partial charge in [-0.3, -0.25) is 9.59 Å². The molecule has 0 fully saturated rings. The number of ether oxygens (including phenoxy) is 2. The third kappa shape index (κ3) is 5.79. The number of methoxy groups -OCH3 is 2. The highest BCUT2D eigenvalue weighted by molar-refractivity contribution is 8.00. The SMILES string of the molecule is COc1cccc(NC(=O)c2c(C)cc(C)nc2SCC(=O)Nc2ccccc2OC)c1. The van der Waals surface area contributed by atoms with Gasteiger partial charge in [0.2, 0.25) is 5.91 Å². The molecule has 2 N–H and O–H groups in total. The van der Waals surface area contributed by atoms with Crippen molar-refractivity contribution in [1.82, 2.24) is 4.98 Å². The zero-order valence-electron chi connectivity index (χ0n) is 18.4. The first-order valence-electron chi connectivity index (χ1n) is 9.90. The second-order valence-corrected chi connectivity index (χ2v) is 7.95. The minimum Gasteiger partial charge on any atom is -0.497 e. The summed E-state index contributed by atoms with van der Waals surface area (Å²) in [7, 11) is 3.12. The first-order chi connectivity index (χ1) is 15.4. The van der Waals surface area contributed by atoms with Gasteiger partial charge in [0.1, 0.15) is 16.5 Å². The lowest BCUT2D eigenvalue weighted by Gasteiger charge is -2.14. The van der Waals surface area contributed by atoms with Gasteiger partial charge in [0.15, 0.2) is 0 Å². The van der Waals surface area contributed by atoms with Gasteiger partial charge >= 0.3 is 0 Å². The van der Waals surface area contributed by atoms with Gasteiger partial charge in [-0.2, -0.15) is 0 Å². The fourth-order valence-electron chi connectivity index (χ4n) is 3.15. The highest BCUT2D eigenvalue weighted by Crippen LogP contribution is 2.27. The van der Waals surface area contributed by atoms with Crippen LogP contribution in [0.15, 0.2) is 59.6 Å². The van der Waals surface area contributed by atoms with E-state index in [1.807, 2.05) is 32.0 Å². The van der Waals surface area contributed by atoms with Gasteiger partial charge in [0, 0.05) is 17.4 Å². The van der Waals surface area contributed by atoms with Crippen LogP contribution >= 0.6 is 11.8 Å². The van der Waals surface area contributed by atoms with Crippen LogP contribution in [-0.4, -0.2) is 36.8 Å². The highest BCUT2D eigenvalue weighted by Gasteiger charge is 2.19. The molecule has 0 aliphatic heterocycles. The maximum atomic E-state index is 13.1. The lowest BCUT2D eigenvalue weighted by molar-refractivity contribution is -0.113. The zero-order chi connectivity index (χ0) is 23.1. The van der Waals surface area contributed by atoms with Crippen molar-refractivity contribution >= 4 is 35.0 Å². The number of nitrogens with one attached hydrogen (secondary N) is 2. The molecule has 0 aliphatic rings. The number of anilines is 2. The molecule has 0 atom stereocenters. The van der Waals surface area contributed by atoms with Gasteiger partial charge in [-0.25, -0.2) is 4.98 Å². The van der Waals surface area contributed by atoms with Gasteiger partial charge in [0.05, 0.1) is 31.2 Å². The third-order valence-electron chi connectivity index (χ3n) is 4.59. The number of rotatable bonds is 8. The van der Waals surface area contributed by atoms with Crippen LogP contribution in [0.2, 0.25) is 0 Å².